The van der Waals surface area contributed by atoms with E-state index >= 15 is 0 Å². The molecule has 10 heteroatoms. The Morgan fingerprint density at radius 2 is 2.11 bits per heavy atom. The van der Waals surface area contributed by atoms with Gasteiger partial charge in [-0.3, -0.25) is 4.90 Å². The quantitative estimate of drug-likeness (QED) is 0.256. The minimum absolute atomic E-state index is 0.594. The molecule has 0 spiro atoms. The van der Waals surface area contributed by atoms with Gasteiger partial charge in [-0.1, -0.05) is 23.9 Å². The van der Waals surface area contributed by atoms with Crippen molar-refractivity contribution in [2.45, 2.75) is 23.3 Å². The van der Waals surface area contributed by atoms with Crippen molar-refractivity contribution in [1.29, 1.82) is 0 Å². The Hall–Kier alpha value is -1.46. The summed E-state index contributed by atoms with van der Waals surface area (Å²) in [5.74, 6) is 2.55. The lowest BCUT2D eigenvalue weighted by atomic mass is 10.3. The van der Waals surface area contributed by atoms with E-state index in [0.717, 1.165) is 31.9 Å². The predicted molar refractivity (Wildman–Crippen MR) is 119 cm³/mol. The largest absolute Gasteiger partial charge is 0.453 e. The summed E-state index contributed by atoms with van der Waals surface area (Å²) in [7, 11) is 3.98. The summed E-state index contributed by atoms with van der Waals surface area (Å²) in [6.45, 7) is 1.27. The number of benzene rings is 1. The molecule has 4 aromatic rings. The van der Waals surface area contributed by atoms with Gasteiger partial charge in [-0.05, 0) is 59.5 Å². The lowest BCUT2D eigenvalue weighted by molar-refractivity contribution is 0.224. The molecule has 0 aliphatic carbocycles. The highest BCUT2D eigenvalue weighted by atomic mass is 79.9. The van der Waals surface area contributed by atoms with Gasteiger partial charge in [0.1, 0.15) is 11.6 Å². The number of para-hydroxylation sites is 1. The summed E-state index contributed by atoms with van der Waals surface area (Å²) < 4.78 is 13.1. The molecule has 1 aromatic carbocycles. The highest BCUT2D eigenvalue weighted by Gasteiger charge is 2.12. The van der Waals surface area contributed by atoms with Crippen LogP contribution in [0.1, 0.15) is 11.6 Å². The van der Waals surface area contributed by atoms with Crippen molar-refractivity contribution < 1.29 is 4.42 Å². The zero-order chi connectivity index (χ0) is 19.7. The summed E-state index contributed by atoms with van der Waals surface area (Å²) in [4.78, 5) is 6.78. The molecule has 0 fully saturated rings. The van der Waals surface area contributed by atoms with Gasteiger partial charge in [-0.2, -0.15) is 5.10 Å². The molecular weight excluding hydrogens is 478 g/mol. The fraction of sp³-hybridized carbons (Fsp3) is 0.278. The van der Waals surface area contributed by atoms with Crippen LogP contribution < -0.4 is 0 Å². The van der Waals surface area contributed by atoms with Crippen molar-refractivity contribution in [2.24, 2.45) is 7.05 Å². The van der Waals surface area contributed by atoms with Gasteiger partial charge in [0.2, 0.25) is 0 Å². The van der Waals surface area contributed by atoms with E-state index < -0.39 is 0 Å². The Balaban J connectivity index is 1.43. The molecule has 0 amide bonds. The first-order valence-corrected chi connectivity index (χ1v) is 11.5. The van der Waals surface area contributed by atoms with Crippen molar-refractivity contribution >= 4 is 61.5 Å². The maximum atomic E-state index is 5.57. The van der Waals surface area contributed by atoms with E-state index in [9.17, 15) is 0 Å². The van der Waals surface area contributed by atoms with Crippen LogP contribution in [0.3, 0.4) is 0 Å². The highest BCUT2D eigenvalue weighted by Crippen LogP contribution is 2.31. The first kappa shape index (κ1) is 19.8. The number of thiazole rings is 1. The maximum Gasteiger partial charge on any atom is 0.198 e. The van der Waals surface area contributed by atoms with Crippen molar-refractivity contribution in [1.82, 2.24) is 24.2 Å². The highest BCUT2D eigenvalue weighted by molar-refractivity contribution is 9.10. The number of aromatic nitrogens is 4. The normalized spacial score (nSPS) is 11.7. The van der Waals surface area contributed by atoms with E-state index in [-0.39, 0.29) is 0 Å². The number of rotatable bonds is 7. The Bertz CT molecular complexity index is 1130. The average Bonchev–Trinajstić information content (AvgIpc) is 3.34. The van der Waals surface area contributed by atoms with Crippen LogP contribution in [0.5, 0.6) is 0 Å². The number of halogens is 1. The molecule has 0 aliphatic heterocycles. The van der Waals surface area contributed by atoms with Gasteiger partial charge in [0.25, 0.3) is 0 Å². The average molecular weight is 496 g/mol. The van der Waals surface area contributed by atoms with Crippen LogP contribution in [0.4, 0.5) is 0 Å². The summed E-state index contributed by atoms with van der Waals surface area (Å²) in [5, 5.41) is 4.72. The molecule has 3 heterocycles. The van der Waals surface area contributed by atoms with E-state index in [2.05, 4.69) is 31.9 Å². The Morgan fingerprint density at radius 1 is 1.29 bits per heavy atom. The fourth-order valence-electron chi connectivity index (χ4n) is 2.77. The lowest BCUT2D eigenvalue weighted by Crippen LogP contribution is -2.22. The smallest absolute Gasteiger partial charge is 0.198 e. The number of fused-ring (bicyclic) bond motifs is 1. The predicted octanol–water partition coefficient (Wildman–Crippen LogP) is 5.30. The lowest BCUT2D eigenvalue weighted by Gasteiger charge is -2.14. The summed E-state index contributed by atoms with van der Waals surface area (Å²) in [6, 6.07) is 12.0. The molecule has 0 saturated heterocycles. The summed E-state index contributed by atoms with van der Waals surface area (Å²) in [6.07, 6.45) is 0. The van der Waals surface area contributed by atoms with Gasteiger partial charge in [0.05, 0.1) is 29.2 Å². The molecule has 28 heavy (non-hydrogen) atoms. The Morgan fingerprint density at radius 3 is 2.86 bits per heavy atom. The summed E-state index contributed by atoms with van der Waals surface area (Å²) >= 11 is 12.3. The second kappa shape index (κ2) is 8.50. The third-order valence-electron chi connectivity index (χ3n) is 4.16. The number of hydrogen-bond acceptors (Lipinski definition) is 7. The molecule has 3 aromatic heterocycles. The van der Waals surface area contributed by atoms with Gasteiger partial charge >= 0.3 is 0 Å². The second-order valence-electron chi connectivity index (χ2n) is 6.35. The van der Waals surface area contributed by atoms with Crippen LogP contribution >= 0.6 is 51.2 Å². The van der Waals surface area contributed by atoms with Gasteiger partial charge in [0.15, 0.2) is 13.8 Å². The molecule has 4 rings (SSSR count). The monoisotopic (exact) mass is 495 g/mol. The number of hydrogen-bond donors (Lipinski definition) is 0. The van der Waals surface area contributed by atoms with Crippen LogP contribution in [0.15, 0.2) is 49.8 Å². The first-order chi connectivity index (χ1) is 13.5. The molecule has 6 nitrogen and oxygen atoms in total. The summed E-state index contributed by atoms with van der Waals surface area (Å²) in [5.41, 5.74) is 1.04. The van der Waals surface area contributed by atoms with Gasteiger partial charge in [0, 0.05) is 7.05 Å². The minimum atomic E-state index is 0.594. The van der Waals surface area contributed by atoms with E-state index in [0.29, 0.717) is 18.0 Å². The molecule has 0 aliphatic rings. The molecule has 0 radical (unpaired) electrons. The molecule has 0 unspecified atom stereocenters. The van der Waals surface area contributed by atoms with Gasteiger partial charge in [-0.15, -0.1) is 11.3 Å². The number of thioether (sulfide) groups is 1. The molecule has 146 valence electrons. The van der Waals surface area contributed by atoms with E-state index in [1.807, 2.05) is 53.7 Å². The molecular formula is C18H18BrN5OS3. The van der Waals surface area contributed by atoms with Crippen molar-refractivity contribution in [3.63, 3.8) is 0 Å². The molecule has 0 atom stereocenters. The third kappa shape index (κ3) is 4.41. The third-order valence-corrected chi connectivity index (χ3v) is 7.25. The van der Waals surface area contributed by atoms with E-state index in [1.54, 1.807) is 23.1 Å². The van der Waals surface area contributed by atoms with E-state index in [1.165, 1.54) is 4.70 Å². The number of nitrogens with zero attached hydrogens (tertiary/aromatic N) is 5. The van der Waals surface area contributed by atoms with Crippen molar-refractivity contribution in [3.05, 3.63) is 57.4 Å². The van der Waals surface area contributed by atoms with Crippen molar-refractivity contribution in [2.75, 3.05) is 7.05 Å². The van der Waals surface area contributed by atoms with Crippen LogP contribution in [0, 0.1) is 4.77 Å². The van der Waals surface area contributed by atoms with Crippen molar-refractivity contribution in [3.8, 4) is 0 Å². The zero-order valence-corrected chi connectivity index (χ0v) is 19.4. The Labute approximate surface area is 184 Å². The fourth-order valence-corrected chi connectivity index (χ4v) is 5.36. The molecule has 0 bridgehead atoms. The minimum Gasteiger partial charge on any atom is -0.453 e. The SMILES string of the molecule is CN(Cc1ccc(Br)o1)Cn1nc(CSc2nc3ccccc3s2)n(C)c1=S. The topological polar surface area (TPSA) is 52.0 Å². The Kier molecular flexibility index (Phi) is 6.02. The van der Waals surface area contributed by atoms with E-state index in [4.69, 9.17) is 21.7 Å². The number of furan rings is 1. The standard InChI is InChI=1S/C18H18BrN5OS3/c1-22(9-12-7-8-15(19)25-12)11-24-18(26)23(2)16(21-24)10-27-17-20-13-5-3-4-6-14(13)28-17/h3-8H,9-11H2,1-2H3. The second-order valence-corrected chi connectivity index (χ2v) is 9.75. The maximum absolute atomic E-state index is 5.57. The first-order valence-electron chi connectivity index (χ1n) is 8.53. The molecule has 0 saturated carbocycles. The van der Waals surface area contributed by atoms with Crippen LogP contribution in [-0.4, -0.2) is 31.3 Å². The van der Waals surface area contributed by atoms with Crippen LogP contribution in [0.25, 0.3) is 10.2 Å². The van der Waals surface area contributed by atoms with Crippen LogP contribution in [-0.2, 0) is 26.0 Å². The van der Waals surface area contributed by atoms with Gasteiger partial charge < -0.3 is 8.98 Å². The van der Waals surface area contributed by atoms with Gasteiger partial charge in [-0.25, -0.2) is 9.67 Å². The molecule has 0 N–H and O–H groups in total. The zero-order valence-electron chi connectivity index (χ0n) is 15.3. The van der Waals surface area contributed by atoms with Crippen LogP contribution in [0.2, 0.25) is 0 Å².